The fourth-order valence-electron chi connectivity index (χ4n) is 2.85. The Morgan fingerprint density at radius 3 is 1.27 bits per heavy atom. The number of rotatable bonds is 6. The van der Waals surface area contributed by atoms with Crippen LogP contribution < -0.4 is 9.47 Å². The Hall–Kier alpha value is -3.54. The lowest BCUT2D eigenvalue weighted by Gasteiger charge is -2.11. The molecule has 0 bridgehead atoms. The molecule has 0 aliphatic carbocycles. The van der Waals surface area contributed by atoms with Crippen molar-refractivity contribution in [3.63, 3.8) is 0 Å². The molecule has 0 atom stereocenters. The minimum atomic E-state index is -0.560. The Bertz CT molecular complexity index is 1030. The van der Waals surface area contributed by atoms with Crippen molar-refractivity contribution in [1.82, 2.24) is 0 Å². The molecule has 30 heavy (non-hydrogen) atoms. The summed E-state index contributed by atoms with van der Waals surface area (Å²) in [7, 11) is 2.92. The second-order valence-corrected chi connectivity index (χ2v) is 6.33. The first kappa shape index (κ1) is 21.2. The molecule has 0 fully saturated rings. The predicted octanol–water partition coefficient (Wildman–Crippen LogP) is 6.60. The molecule has 2 nitrogen and oxygen atoms in total. The first-order valence-electron chi connectivity index (χ1n) is 8.93. The lowest BCUT2D eigenvalue weighted by atomic mass is 10.0. The van der Waals surface area contributed by atoms with Crippen molar-refractivity contribution in [2.45, 2.75) is 0 Å². The molecular formula is C24H18F4O2. The highest BCUT2D eigenvalue weighted by Crippen LogP contribution is 2.32. The van der Waals surface area contributed by atoms with Gasteiger partial charge in [-0.05, 0) is 48.5 Å². The van der Waals surface area contributed by atoms with Gasteiger partial charge < -0.3 is 9.47 Å². The molecule has 0 unspecified atom stereocenters. The maximum Gasteiger partial charge on any atom is 0.130 e. The number of hydrogen-bond donors (Lipinski definition) is 0. The second-order valence-electron chi connectivity index (χ2n) is 6.33. The van der Waals surface area contributed by atoms with E-state index in [1.807, 2.05) is 0 Å². The molecule has 0 amide bonds. The van der Waals surface area contributed by atoms with Crippen LogP contribution >= 0.6 is 0 Å². The van der Waals surface area contributed by atoms with E-state index >= 15 is 0 Å². The van der Waals surface area contributed by atoms with Crippen LogP contribution in [0.5, 0.6) is 11.5 Å². The summed E-state index contributed by atoms with van der Waals surface area (Å²) in [5.41, 5.74) is 1.29. The number of benzene rings is 3. The van der Waals surface area contributed by atoms with Crippen LogP contribution in [-0.4, -0.2) is 14.2 Å². The van der Waals surface area contributed by atoms with E-state index in [0.29, 0.717) is 22.6 Å². The van der Waals surface area contributed by atoms with Crippen molar-refractivity contribution < 1.29 is 27.0 Å². The third-order valence-corrected chi connectivity index (χ3v) is 4.38. The molecule has 0 radical (unpaired) electrons. The van der Waals surface area contributed by atoms with Gasteiger partial charge >= 0.3 is 0 Å². The standard InChI is InChI=1S/C24H18F4O2/c1-29-23-13-18(6-4-16-12-20(26)8-10-22(16)28)24(30-2)14-17(23)5-3-15-11-19(25)7-9-21(15)27/h3-14H,1-2H3/b5-3+,6-4+. The van der Waals surface area contributed by atoms with E-state index in [4.69, 9.17) is 9.47 Å². The third kappa shape index (κ3) is 4.89. The minimum Gasteiger partial charge on any atom is -0.496 e. The van der Waals surface area contributed by atoms with E-state index < -0.39 is 23.3 Å². The smallest absolute Gasteiger partial charge is 0.130 e. The molecule has 3 rings (SSSR count). The Morgan fingerprint density at radius 1 is 0.533 bits per heavy atom. The lowest BCUT2D eigenvalue weighted by Crippen LogP contribution is -1.93. The Kier molecular flexibility index (Phi) is 6.57. The van der Waals surface area contributed by atoms with Crippen molar-refractivity contribution in [3.05, 3.63) is 94.1 Å². The molecular weight excluding hydrogens is 396 g/mol. The monoisotopic (exact) mass is 414 g/mol. The van der Waals surface area contributed by atoms with E-state index in [2.05, 4.69) is 0 Å². The molecule has 0 spiro atoms. The van der Waals surface area contributed by atoms with Gasteiger partial charge in [0.05, 0.1) is 14.2 Å². The quantitative estimate of drug-likeness (QED) is 0.334. The van der Waals surface area contributed by atoms with E-state index in [1.54, 1.807) is 24.3 Å². The molecule has 6 heteroatoms. The number of ether oxygens (including phenoxy) is 2. The van der Waals surface area contributed by atoms with Gasteiger partial charge in [0.1, 0.15) is 34.8 Å². The van der Waals surface area contributed by atoms with Gasteiger partial charge in [-0.1, -0.05) is 24.3 Å². The molecule has 0 aromatic heterocycles. The van der Waals surface area contributed by atoms with Crippen LogP contribution in [0, 0.1) is 23.3 Å². The van der Waals surface area contributed by atoms with Crippen LogP contribution in [-0.2, 0) is 0 Å². The first-order valence-corrected chi connectivity index (χ1v) is 8.93. The Balaban J connectivity index is 1.98. The summed E-state index contributed by atoms with van der Waals surface area (Å²) in [5, 5.41) is 0. The lowest BCUT2D eigenvalue weighted by molar-refractivity contribution is 0.401. The maximum atomic E-state index is 13.8. The summed E-state index contributed by atoms with van der Waals surface area (Å²) in [5.74, 6) is -1.35. The molecule has 154 valence electrons. The van der Waals surface area contributed by atoms with E-state index in [1.165, 1.54) is 26.4 Å². The first-order chi connectivity index (χ1) is 14.4. The zero-order valence-corrected chi connectivity index (χ0v) is 16.3. The molecule has 0 saturated carbocycles. The van der Waals surface area contributed by atoms with Crippen molar-refractivity contribution in [1.29, 1.82) is 0 Å². The van der Waals surface area contributed by atoms with E-state index in [9.17, 15) is 17.6 Å². The van der Waals surface area contributed by atoms with E-state index in [-0.39, 0.29) is 11.1 Å². The van der Waals surface area contributed by atoms with Crippen molar-refractivity contribution in [2.75, 3.05) is 14.2 Å². The van der Waals surface area contributed by atoms with Crippen LogP contribution in [0.3, 0.4) is 0 Å². The number of methoxy groups -OCH3 is 2. The summed E-state index contributed by atoms with van der Waals surface area (Å²) in [4.78, 5) is 0. The highest BCUT2D eigenvalue weighted by atomic mass is 19.1. The van der Waals surface area contributed by atoms with Crippen molar-refractivity contribution in [2.24, 2.45) is 0 Å². The van der Waals surface area contributed by atoms with Gasteiger partial charge in [0.2, 0.25) is 0 Å². The number of hydrogen-bond acceptors (Lipinski definition) is 2. The van der Waals surface area contributed by atoms with Gasteiger partial charge in [-0.3, -0.25) is 0 Å². The summed E-state index contributed by atoms with van der Waals surface area (Å²) < 4.78 is 65.2. The SMILES string of the molecule is COc1cc(/C=C/c2cc(F)ccc2F)c(OC)cc1/C=C/c1cc(F)ccc1F. The second kappa shape index (κ2) is 9.31. The molecule has 0 heterocycles. The molecule has 0 saturated heterocycles. The largest absolute Gasteiger partial charge is 0.496 e. The third-order valence-electron chi connectivity index (χ3n) is 4.38. The average molecular weight is 414 g/mol. The summed E-state index contributed by atoms with van der Waals surface area (Å²) >= 11 is 0. The van der Waals surface area contributed by atoms with Gasteiger partial charge in [0.25, 0.3) is 0 Å². The van der Waals surface area contributed by atoms with Crippen LogP contribution in [0.25, 0.3) is 24.3 Å². The summed E-state index contributed by atoms with van der Waals surface area (Å²) in [6, 6.07) is 9.64. The highest BCUT2D eigenvalue weighted by Gasteiger charge is 2.09. The predicted molar refractivity (Wildman–Crippen MR) is 110 cm³/mol. The zero-order chi connectivity index (χ0) is 21.7. The van der Waals surface area contributed by atoms with Gasteiger partial charge in [0, 0.05) is 22.3 Å². The van der Waals surface area contributed by atoms with Gasteiger partial charge in [-0.15, -0.1) is 0 Å². The summed E-state index contributed by atoms with van der Waals surface area (Å²) in [6.45, 7) is 0. The van der Waals surface area contributed by atoms with Crippen LogP contribution in [0.1, 0.15) is 22.3 Å². The van der Waals surface area contributed by atoms with Crippen LogP contribution in [0.4, 0.5) is 17.6 Å². The summed E-state index contributed by atoms with van der Waals surface area (Å²) in [6.07, 6.45) is 5.98. The fourth-order valence-corrected chi connectivity index (χ4v) is 2.85. The van der Waals surface area contributed by atoms with Crippen LogP contribution in [0.2, 0.25) is 0 Å². The van der Waals surface area contributed by atoms with Crippen LogP contribution in [0.15, 0.2) is 48.5 Å². The molecule has 0 N–H and O–H groups in total. The van der Waals surface area contributed by atoms with E-state index in [0.717, 1.165) is 36.4 Å². The number of halogens is 4. The van der Waals surface area contributed by atoms with Crippen molar-refractivity contribution in [3.8, 4) is 11.5 Å². The molecule has 0 aliphatic rings. The minimum absolute atomic E-state index is 0.0848. The van der Waals surface area contributed by atoms with Gasteiger partial charge in [-0.2, -0.15) is 0 Å². The maximum absolute atomic E-state index is 13.8. The zero-order valence-electron chi connectivity index (χ0n) is 16.3. The Labute approximate surface area is 171 Å². The molecule has 0 aliphatic heterocycles. The average Bonchev–Trinajstić information content (AvgIpc) is 2.74. The normalized spacial score (nSPS) is 11.4. The van der Waals surface area contributed by atoms with Gasteiger partial charge in [-0.25, -0.2) is 17.6 Å². The fraction of sp³-hybridized carbons (Fsp3) is 0.0833. The highest BCUT2D eigenvalue weighted by molar-refractivity contribution is 5.79. The molecule has 3 aromatic carbocycles. The van der Waals surface area contributed by atoms with Gasteiger partial charge in [0.15, 0.2) is 0 Å². The van der Waals surface area contributed by atoms with Crippen molar-refractivity contribution >= 4 is 24.3 Å². The topological polar surface area (TPSA) is 18.5 Å². The molecule has 3 aromatic rings. The Morgan fingerprint density at radius 2 is 0.900 bits per heavy atom.